The van der Waals surface area contributed by atoms with Crippen LogP contribution in [-0.4, -0.2) is 32.3 Å². The number of imide groups is 1. The molecule has 1 aromatic heterocycles. The molecule has 1 aliphatic heterocycles. The number of fused-ring (bicyclic) bond motifs is 1. The maximum absolute atomic E-state index is 13.1. The number of hydrogen-bond donors (Lipinski definition) is 1. The third kappa shape index (κ3) is 3.89. The first-order chi connectivity index (χ1) is 15.5. The van der Waals surface area contributed by atoms with Crippen LogP contribution in [0.15, 0.2) is 65.8 Å². The number of sulfonamides is 1. The van der Waals surface area contributed by atoms with Gasteiger partial charge in [0.1, 0.15) is 5.75 Å². The average molecular weight is 477 g/mol. The Morgan fingerprint density at radius 3 is 2.21 bits per heavy atom. The van der Waals surface area contributed by atoms with Crippen molar-refractivity contribution in [2.24, 2.45) is 0 Å². The molecule has 0 saturated heterocycles. The molecule has 0 unspecified atom stereocenters. The highest BCUT2D eigenvalue weighted by molar-refractivity contribution is 7.92. The van der Waals surface area contributed by atoms with E-state index < -0.39 is 38.5 Å². The van der Waals surface area contributed by atoms with Gasteiger partial charge in [-0.1, -0.05) is 0 Å². The van der Waals surface area contributed by atoms with Crippen molar-refractivity contribution in [1.29, 1.82) is 0 Å². The maximum Gasteiger partial charge on any atom is 0.416 e. The van der Waals surface area contributed by atoms with Crippen LogP contribution in [0.2, 0.25) is 0 Å². The van der Waals surface area contributed by atoms with Gasteiger partial charge in [-0.15, -0.1) is 0 Å². The van der Waals surface area contributed by atoms with E-state index >= 15 is 0 Å². The van der Waals surface area contributed by atoms with E-state index in [0.29, 0.717) is 12.1 Å². The summed E-state index contributed by atoms with van der Waals surface area (Å²) in [7, 11) is -3.11. The zero-order chi connectivity index (χ0) is 24.0. The lowest BCUT2D eigenvalue weighted by Gasteiger charge is -2.14. The number of alkyl halides is 3. The fraction of sp³-hybridized carbons (Fsp3) is 0.0952. The van der Waals surface area contributed by atoms with E-state index in [4.69, 9.17) is 4.74 Å². The molecule has 1 aliphatic rings. The van der Waals surface area contributed by atoms with E-state index in [2.05, 4.69) is 9.71 Å². The third-order valence-electron chi connectivity index (χ3n) is 4.86. The molecule has 0 aliphatic carbocycles. The van der Waals surface area contributed by atoms with Crippen LogP contribution in [0.1, 0.15) is 26.3 Å². The molecule has 170 valence electrons. The number of rotatable bonds is 5. The first kappa shape index (κ1) is 22.3. The highest BCUT2D eigenvalue weighted by atomic mass is 32.2. The molecule has 0 bridgehead atoms. The lowest BCUT2D eigenvalue weighted by Crippen LogP contribution is -2.29. The summed E-state index contributed by atoms with van der Waals surface area (Å²) in [6, 6.07) is 8.39. The molecule has 1 N–H and O–H groups in total. The Labute approximate surface area is 185 Å². The van der Waals surface area contributed by atoms with E-state index in [1.807, 2.05) is 0 Å². The number of carbonyl (C=O) groups excluding carboxylic acids is 2. The Morgan fingerprint density at radius 1 is 0.970 bits per heavy atom. The summed E-state index contributed by atoms with van der Waals surface area (Å²) < 4.78 is 71.3. The van der Waals surface area contributed by atoms with Gasteiger partial charge < -0.3 is 4.74 Å². The van der Waals surface area contributed by atoms with Crippen LogP contribution in [-0.2, 0) is 16.2 Å². The maximum atomic E-state index is 13.1. The van der Waals surface area contributed by atoms with Gasteiger partial charge in [-0.05, 0) is 48.5 Å². The Hall–Kier alpha value is -3.93. The molecule has 0 radical (unpaired) electrons. The predicted octanol–water partition coefficient (Wildman–Crippen LogP) is 3.71. The molecule has 8 nitrogen and oxygen atoms in total. The highest BCUT2D eigenvalue weighted by Crippen LogP contribution is 2.39. The highest BCUT2D eigenvalue weighted by Gasteiger charge is 2.42. The van der Waals surface area contributed by atoms with E-state index in [1.54, 1.807) is 0 Å². The number of hydrogen-bond acceptors (Lipinski definition) is 6. The summed E-state index contributed by atoms with van der Waals surface area (Å²) >= 11 is 0. The number of ether oxygens (including phenoxy) is 1. The van der Waals surface area contributed by atoms with Crippen LogP contribution in [0.25, 0.3) is 0 Å². The van der Waals surface area contributed by atoms with Crippen LogP contribution < -0.4 is 14.4 Å². The van der Waals surface area contributed by atoms with Gasteiger partial charge >= 0.3 is 6.18 Å². The summed E-state index contributed by atoms with van der Waals surface area (Å²) in [5, 5.41) is 0. The number of benzene rings is 2. The minimum absolute atomic E-state index is 0.0484. The Kier molecular flexibility index (Phi) is 5.32. The molecule has 2 heterocycles. The van der Waals surface area contributed by atoms with Crippen molar-refractivity contribution in [1.82, 2.24) is 4.98 Å². The fourth-order valence-corrected chi connectivity index (χ4v) is 4.41. The quantitative estimate of drug-likeness (QED) is 0.562. The number of halogens is 3. The van der Waals surface area contributed by atoms with E-state index in [-0.39, 0.29) is 28.3 Å². The van der Waals surface area contributed by atoms with E-state index in [0.717, 1.165) is 17.0 Å². The molecule has 2 amide bonds. The summed E-state index contributed by atoms with van der Waals surface area (Å²) in [4.78, 5) is 30.4. The van der Waals surface area contributed by atoms with Crippen molar-refractivity contribution >= 4 is 33.2 Å². The first-order valence-electron chi connectivity index (χ1n) is 9.24. The first-order valence-corrected chi connectivity index (χ1v) is 10.7. The second kappa shape index (κ2) is 7.89. The number of methoxy groups -OCH3 is 1. The van der Waals surface area contributed by atoms with Crippen LogP contribution >= 0.6 is 0 Å². The van der Waals surface area contributed by atoms with Crippen molar-refractivity contribution < 1.29 is 35.9 Å². The summed E-state index contributed by atoms with van der Waals surface area (Å²) in [5.74, 6) is -1.50. The van der Waals surface area contributed by atoms with Gasteiger partial charge in [0.15, 0.2) is 0 Å². The van der Waals surface area contributed by atoms with Crippen molar-refractivity contribution in [3.63, 3.8) is 0 Å². The molecule has 2 aromatic carbocycles. The molecule has 33 heavy (non-hydrogen) atoms. The SMILES string of the molecule is COc1ccc(NS(=O)(=O)c2ccc(C(F)(F)F)cc2)c2c1C(=O)N(c1cccnc1)C2=O. The minimum atomic E-state index is -4.63. The van der Waals surface area contributed by atoms with Crippen molar-refractivity contribution in [2.75, 3.05) is 16.7 Å². The van der Waals surface area contributed by atoms with Crippen molar-refractivity contribution in [3.05, 3.63) is 77.6 Å². The number of aromatic nitrogens is 1. The Morgan fingerprint density at radius 2 is 1.64 bits per heavy atom. The van der Waals surface area contributed by atoms with Gasteiger partial charge in [0, 0.05) is 6.20 Å². The molecular formula is C21H14F3N3O5S. The number of nitrogens with one attached hydrogen (secondary N) is 1. The Bertz CT molecular complexity index is 1360. The number of pyridine rings is 1. The monoisotopic (exact) mass is 477 g/mol. The van der Waals surface area contributed by atoms with Gasteiger partial charge in [-0.3, -0.25) is 19.3 Å². The number of amides is 2. The second-order valence-corrected chi connectivity index (χ2v) is 8.53. The Balaban J connectivity index is 1.76. The van der Waals surface area contributed by atoms with Gasteiger partial charge in [-0.25, -0.2) is 13.3 Å². The summed E-state index contributed by atoms with van der Waals surface area (Å²) in [6.45, 7) is 0. The number of carbonyl (C=O) groups is 2. The lowest BCUT2D eigenvalue weighted by molar-refractivity contribution is -0.137. The summed E-state index contributed by atoms with van der Waals surface area (Å²) in [6.07, 6.45) is -1.89. The van der Waals surface area contributed by atoms with Crippen LogP contribution in [0.5, 0.6) is 5.75 Å². The molecular weight excluding hydrogens is 463 g/mol. The molecule has 0 fully saturated rings. The minimum Gasteiger partial charge on any atom is -0.496 e. The standard InChI is InChI=1S/C21H14F3N3O5S/c1-32-16-9-8-15(26-33(30,31)14-6-4-12(5-7-14)21(22,23)24)17-18(16)20(29)27(19(17)28)13-3-2-10-25-11-13/h2-11,26H,1H3. The molecule has 0 spiro atoms. The molecule has 3 aromatic rings. The smallest absolute Gasteiger partial charge is 0.416 e. The number of nitrogens with zero attached hydrogens (tertiary/aromatic N) is 2. The fourth-order valence-electron chi connectivity index (χ4n) is 3.34. The summed E-state index contributed by atoms with van der Waals surface area (Å²) in [5.41, 5.74) is -1.48. The van der Waals surface area contributed by atoms with E-state index in [9.17, 15) is 31.2 Å². The van der Waals surface area contributed by atoms with Crippen molar-refractivity contribution in [3.8, 4) is 5.75 Å². The molecule has 12 heteroatoms. The topological polar surface area (TPSA) is 106 Å². The average Bonchev–Trinajstić information content (AvgIpc) is 3.05. The van der Waals surface area contributed by atoms with Crippen LogP contribution in [0.4, 0.5) is 24.5 Å². The zero-order valence-corrected chi connectivity index (χ0v) is 17.6. The predicted molar refractivity (Wildman–Crippen MR) is 111 cm³/mol. The molecule has 0 saturated carbocycles. The second-order valence-electron chi connectivity index (χ2n) is 6.85. The molecule has 4 rings (SSSR count). The van der Waals surface area contributed by atoms with Gasteiger partial charge in [-0.2, -0.15) is 13.2 Å². The van der Waals surface area contributed by atoms with E-state index in [1.165, 1.54) is 43.8 Å². The van der Waals surface area contributed by atoms with Gasteiger partial charge in [0.2, 0.25) is 0 Å². The lowest BCUT2D eigenvalue weighted by atomic mass is 10.1. The number of anilines is 2. The van der Waals surface area contributed by atoms with Gasteiger partial charge in [0.05, 0.1) is 46.3 Å². The largest absolute Gasteiger partial charge is 0.496 e. The van der Waals surface area contributed by atoms with Crippen LogP contribution in [0.3, 0.4) is 0 Å². The zero-order valence-electron chi connectivity index (χ0n) is 16.8. The van der Waals surface area contributed by atoms with Crippen LogP contribution in [0, 0.1) is 0 Å². The third-order valence-corrected chi connectivity index (χ3v) is 6.24. The molecule has 0 atom stereocenters. The normalized spacial score (nSPS) is 13.8. The van der Waals surface area contributed by atoms with Gasteiger partial charge in [0.25, 0.3) is 21.8 Å². The van der Waals surface area contributed by atoms with Crippen molar-refractivity contribution in [2.45, 2.75) is 11.1 Å².